The molecule has 0 fully saturated rings. The molecule has 1 heterocycles. The van der Waals surface area contributed by atoms with Crippen molar-refractivity contribution in [2.45, 2.75) is 19.8 Å². The van der Waals surface area contributed by atoms with Crippen molar-refractivity contribution < 1.29 is 4.74 Å². The van der Waals surface area contributed by atoms with Crippen LogP contribution < -0.4 is 5.32 Å². The summed E-state index contributed by atoms with van der Waals surface area (Å²) in [5, 5.41) is 3.30. The molecule has 0 saturated heterocycles. The van der Waals surface area contributed by atoms with Crippen molar-refractivity contribution in [3.05, 3.63) is 22.3 Å². The standard InChI is InChI=1S/C11H17BrN2O/c1-9-5-7-14-11(10(9)12)13-6-3-4-8-15-2/h5,7H,3-4,6,8H2,1-2H3,(H,13,14). The third-order valence-corrected chi connectivity index (χ3v) is 3.15. The maximum Gasteiger partial charge on any atom is 0.140 e. The number of methoxy groups -OCH3 is 1. The van der Waals surface area contributed by atoms with E-state index in [9.17, 15) is 0 Å². The number of nitrogens with zero attached hydrogens (tertiary/aromatic N) is 1. The fourth-order valence-corrected chi connectivity index (χ4v) is 1.62. The number of ether oxygens (including phenoxy) is 1. The molecule has 0 unspecified atom stereocenters. The second-order valence-corrected chi connectivity index (χ2v) is 4.21. The van der Waals surface area contributed by atoms with Gasteiger partial charge in [0, 0.05) is 26.5 Å². The summed E-state index contributed by atoms with van der Waals surface area (Å²) in [7, 11) is 1.73. The molecule has 0 aliphatic rings. The lowest BCUT2D eigenvalue weighted by atomic mass is 10.3. The van der Waals surface area contributed by atoms with Crippen LogP contribution in [0.1, 0.15) is 18.4 Å². The van der Waals surface area contributed by atoms with E-state index < -0.39 is 0 Å². The van der Waals surface area contributed by atoms with Crippen molar-refractivity contribution in [1.82, 2.24) is 4.98 Å². The highest BCUT2D eigenvalue weighted by Gasteiger charge is 2.02. The number of anilines is 1. The van der Waals surface area contributed by atoms with E-state index in [1.165, 1.54) is 5.56 Å². The van der Waals surface area contributed by atoms with E-state index in [1.54, 1.807) is 7.11 Å². The Morgan fingerprint density at radius 2 is 2.27 bits per heavy atom. The van der Waals surface area contributed by atoms with Crippen molar-refractivity contribution >= 4 is 21.7 Å². The zero-order valence-corrected chi connectivity index (χ0v) is 10.8. The first-order valence-corrected chi connectivity index (χ1v) is 5.89. The maximum atomic E-state index is 4.98. The summed E-state index contributed by atoms with van der Waals surface area (Å²) in [6, 6.07) is 1.99. The number of hydrogen-bond donors (Lipinski definition) is 1. The topological polar surface area (TPSA) is 34.1 Å². The van der Waals surface area contributed by atoms with Crippen molar-refractivity contribution in [2.24, 2.45) is 0 Å². The van der Waals surface area contributed by atoms with Gasteiger partial charge in [0.05, 0.1) is 4.47 Å². The molecule has 1 rings (SSSR count). The van der Waals surface area contributed by atoms with Gasteiger partial charge in [-0.15, -0.1) is 0 Å². The average Bonchev–Trinajstić information content (AvgIpc) is 2.24. The number of nitrogens with one attached hydrogen (secondary N) is 1. The van der Waals surface area contributed by atoms with E-state index in [-0.39, 0.29) is 0 Å². The largest absolute Gasteiger partial charge is 0.385 e. The number of halogens is 1. The number of rotatable bonds is 6. The third-order valence-electron chi connectivity index (χ3n) is 2.15. The molecular formula is C11H17BrN2O. The van der Waals surface area contributed by atoms with Gasteiger partial charge in [-0.2, -0.15) is 0 Å². The number of pyridine rings is 1. The molecule has 0 aliphatic carbocycles. The molecule has 84 valence electrons. The predicted molar refractivity (Wildman–Crippen MR) is 66.3 cm³/mol. The van der Waals surface area contributed by atoms with Gasteiger partial charge in [0.15, 0.2) is 0 Å². The SMILES string of the molecule is COCCCCNc1nccc(C)c1Br. The second kappa shape index (κ2) is 6.80. The highest BCUT2D eigenvalue weighted by atomic mass is 79.9. The van der Waals surface area contributed by atoms with Crippen LogP contribution in [0.15, 0.2) is 16.7 Å². The fourth-order valence-electron chi connectivity index (χ4n) is 1.24. The van der Waals surface area contributed by atoms with Crippen LogP contribution in [0.4, 0.5) is 5.82 Å². The van der Waals surface area contributed by atoms with Crippen LogP contribution in [0.2, 0.25) is 0 Å². The maximum absolute atomic E-state index is 4.98. The minimum absolute atomic E-state index is 0.824. The van der Waals surface area contributed by atoms with E-state index in [4.69, 9.17) is 4.74 Å². The Morgan fingerprint density at radius 1 is 1.47 bits per heavy atom. The number of aromatic nitrogens is 1. The lowest BCUT2D eigenvalue weighted by Gasteiger charge is -2.08. The molecule has 1 N–H and O–H groups in total. The molecule has 1 aromatic heterocycles. The number of aryl methyl sites for hydroxylation is 1. The van der Waals surface area contributed by atoms with Crippen LogP contribution in [-0.4, -0.2) is 25.2 Å². The normalized spacial score (nSPS) is 10.3. The molecule has 0 aliphatic heterocycles. The summed E-state index contributed by atoms with van der Waals surface area (Å²) in [5.74, 6) is 0.924. The molecule has 0 amide bonds. The summed E-state index contributed by atoms with van der Waals surface area (Å²) in [6.45, 7) is 3.81. The molecule has 1 aromatic rings. The van der Waals surface area contributed by atoms with Gasteiger partial charge in [0.2, 0.25) is 0 Å². The van der Waals surface area contributed by atoms with Gasteiger partial charge in [-0.3, -0.25) is 0 Å². The van der Waals surface area contributed by atoms with Crippen LogP contribution in [0.3, 0.4) is 0 Å². The fraction of sp³-hybridized carbons (Fsp3) is 0.545. The van der Waals surface area contributed by atoms with Crippen LogP contribution in [-0.2, 0) is 4.74 Å². The minimum Gasteiger partial charge on any atom is -0.385 e. The van der Waals surface area contributed by atoms with E-state index in [1.807, 2.05) is 12.3 Å². The summed E-state index contributed by atoms with van der Waals surface area (Å²) < 4.78 is 6.04. The molecular weight excluding hydrogens is 256 g/mol. The van der Waals surface area contributed by atoms with E-state index in [0.29, 0.717) is 0 Å². The summed E-state index contributed by atoms with van der Waals surface area (Å²) >= 11 is 3.51. The zero-order chi connectivity index (χ0) is 11.1. The van der Waals surface area contributed by atoms with E-state index >= 15 is 0 Å². The molecule has 0 aromatic carbocycles. The van der Waals surface area contributed by atoms with E-state index in [2.05, 4.69) is 33.2 Å². The van der Waals surface area contributed by atoms with Gasteiger partial charge in [-0.1, -0.05) is 0 Å². The first kappa shape index (κ1) is 12.5. The predicted octanol–water partition coefficient (Wildman–Crippen LogP) is 2.99. The quantitative estimate of drug-likeness (QED) is 0.809. The Kier molecular flexibility index (Phi) is 5.65. The van der Waals surface area contributed by atoms with Crippen LogP contribution in [0.25, 0.3) is 0 Å². The Hall–Kier alpha value is -0.610. The van der Waals surface area contributed by atoms with Gasteiger partial charge < -0.3 is 10.1 Å². The highest BCUT2D eigenvalue weighted by Crippen LogP contribution is 2.22. The molecule has 15 heavy (non-hydrogen) atoms. The lowest BCUT2D eigenvalue weighted by Crippen LogP contribution is -2.05. The molecule has 3 nitrogen and oxygen atoms in total. The van der Waals surface area contributed by atoms with Crippen LogP contribution in [0, 0.1) is 6.92 Å². The van der Waals surface area contributed by atoms with E-state index in [0.717, 1.165) is 36.3 Å². The lowest BCUT2D eigenvalue weighted by molar-refractivity contribution is 0.194. The van der Waals surface area contributed by atoms with Gasteiger partial charge >= 0.3 is 0 Å². The molecule has 0 atom stereocenters. The summed E-state index contributed by atoms with van der Waals surface area (Å²) in [4.78, 5) is 4.27. The minimum atomic E-state index is 0.824. The first-order valence-electron chi connectivity index (χ1n) is 5.09. The Bertz CT molecular complexity index is 305. The smallest absolute Gasteiger partial charge is 0.140 e. The van der Waals surface area contributed by atoms with Crippen LogP contribution >= 0.6 is 15.9 Å². The zero-order valence-electron chi connectivity index (χ0n) is 9.22. The van der Waals surface area contributed by atoms with Gasteiger partial charge in [-0.05, 0) is 47.3 Å². The Labute approximate surface area is 99.4 Å². The molecule has 0 bridgehead atoms. The highest BCUT2D eigenvalue weighted by molar-refractivity contribution is 9.10. The number of hydrogen-bond acceptors (Lipinski definition) is 3. The molecule has 4 heteroatoms. The Balaban J connectivity index is 2.34. The molecule has 0 saturated carbocycles. The second-order valence-electron chi connectivity index (χ2n) is 3.42. The summed E-state index contributed by atoms with van der Waals surface area (Å²) in [6.07, 6.45) is 3.99. The summed E-state index contributed by atoms with van der Waals surface area (Å²) in [5.41, 5.74) is 1.20. The third kappa shape index (κ3) is 4.18. The Morgan fingerprint density at radius 3 is 3.00 bits per heavy atom. The van der Waals surface area contributed by atoms with Gasteiger partial charge in [0.25, 0.3) is 0 Å². The number of unbranched alkanes of at least 4 members (excludes halogenated alkanes) is 1. The van der Waals surface area contributed by atoms with Crippen molar-refractivity contribution in [3.8, 4) is 0 Å². The van der Waals surface area contributed by atoms with Crippen LogP contribution in [0.5, 0.6) is 0 Å². The van der Waals surface area contributed by atoms with Crippen molar-refractivity contribution in [2.75, 3.05) is 25.6 Å². The first-order chi connectivity index (χ1) is 7.25. The van der Waals surface area contributed by atoms with Gasteiger partial charge in [-0.25, -0.2) is 4.98 Å². The van der Waals surface area contributed by atoms with Crippen molar-refractivity contribution in [3.63, 3.8) is 0 Å². The monoisotopic (exact) mass is 272 g/mol. The van der Waals surface area contributed by atoms with Gasteiger partial charge in [0.1, 0.15) is 5.82 Å². The van der Waals surface area contributed by atoms with Crippen molar-refractivity contribution in [1.29, 1.82) is 0 Å². The molecule has 0 radical (unpaired) electrons. The molecule has 0 spiro atoms. The average molecular weight is 273 g/mol.